The summed E-state index contributed by atoms with van der Waals surface area (Å²) < 4.78 is 11.1. The third-order valence-corrected chi connectivity index (χ3v) is 4.66. The van der Waals surface area contributed by atoms with Crippen LogP contribution < -0.4 is 10.2 Å². The lowest BCUT2D eigenvalue weighted by Gasteiger charge is -2.09. The number of amides is 1. The highest BCUT2D eigenvalue weighted by atomic mass is 35.5. The summed E-state index contributed by atoms with van der Waals surface area (Å²) in [5.41, 5.74) is 4.81. The van der Waals surface area contributed by atoms with Crippen molar-refractivity contribution in [2.24, 2.45) is 5.10 Å². The summed E-state index contributed by atoms with van der Waals surface area (Å²) in [7, 11) is 0. The first-order valence-corrected chi connectivity index (χ1v) is 9.28. The van der Waals surface area contributed by atoms with Gasteiger partial charge >= 0.3 is 0 Å². The van der Waals surface area contributed by atoms with E-state index in [1.54, 1.807) is 18.2 Å². The summed E-state index contributed by atoms with van der Waals surface area (Å²) in [4.78, 5) is 22.2. The van der Waals surface area contributed by atoms with Crippen molar-refractivity contribution in [1.29, 1.82) is 0 Å². The van der Waals surface area contributed by atoms with E-state index in [1.165, 1.54) is 24.4 Å². The second-order valence-electron chi connectivity index (χ2n) is 6.40. The van der Waals surface area contributed by atoms with E-state index in [4.69, 9.17) is 20.8 Å². The molecule has 3 rings (SSSR count). The van der Waals surface area contributed by atoms with Gasteiger partial charge in [0.25, 0.3) is 11.6 Å². The summed E-state index contributed by atoms with van der Waals surface area (Å²) in [5.74, 6) is 1.01. The van der Waals surface area contributed by atoms with Crippen LogP contribution in [-0.4, -0.2) is 23.7 Å². The lowest BCUT2D eigenvalue weighted by molar-refractivity contribution is -0.384. The van der Waals surface area contributed by atoms with Crippen LogP contribution in [0.15, 0.2) is 58.0 Å². The molecule has 30 heavy (non-hydrogen) atoms. The molecule has 1 amide bonds. The molecule has 0 aliphatic carbocycles. The maximum atomic E-state index is 11.9. The van der Waals surface area contributed by atoms with E-state index in [0.717, 1.165) is 11.1 Å². The number of carbonyl (C=O) groups excluding carboxylic acids is 1. The van der Waals surface area contributed by atoms with Gasteiger partial charge in [0.05, 0.1) is 16.2 Å². The normalized spacial score (nSPS) is 10.9. The SMILES string of the molecule is Cc1cccc(OCC(=O)N/N=C\c2ccc(-c3ccc([N+](=O)[O-])cc3Cl)o2)c1C. The number of hydrazone groups is 1. The predicted octanol–water partition coefficient (Wildman–Crippen LogP) is 4.65. The molecule has 0 saturated carbocycles. The summed E-state index contributed by atoms with van der Waals surface area (Å²) in [6.45, 7) is 3.71. The van der Waals surface area contributed by atoms with Crippen molar-refractivity contribution in [1.82, 2.24) is 5.43 Å². The molecule has 0 atom stereocenters. The Morgan fingerprint density at radius 3 is 2.80 bits per heavy atom. The standard InChI is InChI=1S/C21H18ClN3O5/c1-13-4-3-5-19(14(13)2)29-12-21(26)24-23-11-16-7-9-20(30-16)17-8-6-15(25(27)28)10-18(17)22/h3-11H,12H2,1-2H3,(H,24,26)/b23-11-. The smallest absolute Gasteiger partial charge is 0.277 e. The van der Waals surface area contributed by atoms with Crippen molar-refractivity contribution in [3.63, 3.8) is 0 Å². The van der Waals surface area contributed by atoms with Crippen LogP contribution in [0.3, 0.4) is 0 Å². The van der Waals surface area contributed by atoms with Crippen molar-refractivity contribution < 1.29 is 18.9 Å². The highest BCUT2D eigenvalue weighted by Gasteiger charge is 2.13. The Morgan fingerprint density at radius 2 is 2.07 bits per heavy atom. The Bertz CT molecular complexity index is 1120. The molecule has 2 aromatic carbocycles. The zero-order valence-electron chi connectivity index (χ0n) is 16.2. The van der Waals surface area contributed by atoms with Crippen LogP contribution in [0.5, 0.6) is 5.75 Å². The number of hydrogen-bond acceptors (Lipinski definition) is 6. The van der Waals surface area contributed by atoms with Crippen LogP contribution in [0, 0.1) is 24.0 Å². The number of nitrogens with zero attached hydrogens (tertiary/aromatic N) is 2. The second kappa shape index (κ2) is 9.23. The number of ether oxygens (including phenoxy) is 1. The first-order chi connectivity index (χ1) is 14.3. The van der Waals surface area contributed by atoms with E-state index < -0.39 is 10.8 Å². The van der Waals surface area contributed by atoms with Crippen molar-refractivity contribution in [2.75, 3.05) is 6.61 Å². The minimum absolute atomic E-state index is 0.108. The van der Waals surface area contributed by atoms with Crippen LogP contribution in [0.4, 0.5) is 5.69 Å². The number of halogens is 1. The summed E-state index contributed by atoms with van der Waals surface area (Å²) in [5, 5.41) is 14.8. The monoisotopic (exact) mass is 427 g/mol. The maximum Gasteiger partial charge on any atom is 0.277 e. The first kappa shape index (κ1) is 21.1. The molecule has 8 nitrogen and oxygen atoms in total. The van der Waals surface area contributed by atoms with Gasteiger partial charge in [-0.3, -0.25) is 14.9 Å². The largest absolute Gasteiger partial charge is 0.483 e. The summed E-state index contributed by atoms with van der Waals surface area (Å²) >= 11 is 6.10. The Hall–Kier alpha value is -3.65. The van der Waals surface area contributed by atoms with Gasteiger partial charge in [-0.2, -0.15) is 5.10 Å². The fraction of sp³-hybridized carbons (Fsp3) is 0.143. The fourth-order valence-electron chi connectivity index (χ4n) is 2.61. The highest BCUT2D eigenvalue weighted by Crippen LogP contribution is 2.32. The second-order valence-corrected chi connectivity index (χ2v) is 6.81. The van der Waals surface area contributed by atoms with Gasteiger partial charge in [-0.25, -0.2) is 5.43 Å². The van der Waals surface area contributed by atoms with Gasteiger partial charge in [-0.15, -0.1) is 0 Å². The number of aryl methyl sites for hydroxylation is 1. The molecule has 0 bridgehead atoms. The molecular weight excluding hydrogens is 410 g/mol. The number of non-ortho nitro benzene ring substituents is 1. The Kier molecular flexibility index (Phi) is 6.48. The molecule has 0 unspecified atom stereocenters. The van der Waals surface area contributed by atoms with E-state index in [-0.39, 0.29) is 17.3 Å². The van der Waals surface area contributed by atoms with Crippen molar-refractivity contribution in [2.45, 2.75) is 13.8 Å². The fourth-order valence-corrected chi connectivity index (χ4v) is 2.88. The molecule has 154 valence electrons. The molecule has 9 heteroatoms. The van der Waals surface area contributed by atoms with Crippen LogP contribution in [0.2, 0.25) is 5.02 Å². The number of carbonyl (C=O) groups is 1. The van der Waals surface area contributed by atoms with E-state index in [9.17, 15) is 14.9 Å². The quantitative estimate of drug-likeness (QED) is 0.335. The molecular formula is C21H18ClN3O5. The van der Waals surface area contributed by atoms with Crippen LogP contribution in [0.25, 0.3) is 11.3 Å². The van der Waals surface area contributed by atoms with Gasteiger partial charge in [0.2, 0.25) is 0 Å². The van der Waals surface area contributed by atoms with Crippen LogP contribution >= 0.6 is 11.6 Å². The van der Waals surface area contributed by atoms with Gasteiger partial charge in [-0.05, 0) is 49.2 Å². The number of nitro benzene ring substituents is 1. The number of nitrogens with one attached hydrogen (secondary N) is 1. The van der Waals surface area contributed by atoms with Crippen LogP contribution in [-0.2, 0) is 4.79 Å². The van der Waals surface area contributed by atoms with Gasteiger partial charge in [0.15, 0.2) is 6.61 Å². The molecule has 3 aromatic rings. The first-order valence-electron chi connectivity index (χ1n) is 8.90. The predicted molar refractivity (Wildman–Crippen MR) is 113 cm³/mol. The Labute approximate surface area is 177 Å². The Balaban J connectivity index is 1.57. The average molecular weight is 428 g/mol. The molecule has 0 radical (unpaired) electrons. The third-order valence-electron chi connectivity index (χ3n) is 4.35. The molecule has 0 spiro atoms. The highest BCUT2D eigenvalue weighted by molar-refractivity contribution is 6.33. The zero-order valence-corrected chi connectivity index (χ0v) is 17.0. The Morgan fingerprint density at radius 1 is 1.27 bits per heavy atom. The third kappa shape index (κ3) is 5.03. The molecule has 1 aromatic heterocycles. The molecule has 1 heterocycles. The lowest BCUT2D eigenvalue weighted by atomic mass is 10.1. The molecule has 0 aliphatic rings. The number of furan rings is 1. The molecule has 0 aliphatic heterocycles. The maximum absolute atomic E-state index is 11.9. The minimum Gasteiger partial charge on any atom is -0.483 e. The van der Waals surface area contributed by atoms with Crippen molar-refractivity contribution in [3.8, 4) is 17.1 Å². The van der Waals surface area contributed by atoms with E-state index >= 15 is 0 Å². The van der Waals surface area contributed by atoms with E-state index in [2.05, 4.69) is 10.5 Å². The zero-order chi connectivity index (χ0) is 21.7. The summed E-state index contributed by atoms with van der Waals surface area (Å²) in [6, 6.07) is 13.0. The topological polar surface area (TPSA) is 107 Å². The summed E-state index contributed by atoms with van der Waals surface area (Å²) in [6.07, 6.45) is 1.33. The molecule has 1 N–H and O–H groups in total. The van der Waals surface area contributed by atoms with Crippen molar-refractivity contribution in [3.05, 3.63) is 80.6 Å². The molecule has 0 fully saturated rings. The van der Waals surface area contributed by atoms with Gasteiger partial charge < -0.3 is 9.15 Å². The van der Waals surface area contributed by atoms with Gasteiger partial charge in [-0.1, -0.05) is 23.7 Å². The number of hydrogen-bond donors (Lipinski definition) is 1. The number of rotatable bonds is 7. The van der Waals surface area contributed by atoms with Gasteiger partial charge in [0.1, 0.15) is 17.3 Å². The minimum atomic E-state index is -0.525. The molecule has 0 saturated heterocycles. The van der Waals surface area contributed by atoms with E-state index in [0.29, 0.717) is 22.8 Å². The van der Waals surface area contributed by atoms with Crippen LogP contribution in [0.1, 0.15) is 16.9 Å². The van der Waals surface area contributed by atoms with E-state index in [1.807, 2.05) is 26.0 Å². The van der Waals surface area contributed by atoms with Gasteiger partial charge in [0, 0.05) is 17.7 Å². The lowest BCUT2D eigenvalue weighted by Crippen LogP contribution is -2.24. The number of nitro groups is 1. The number of benzene rings is 2. The average Bonchev–Trinajstić information content (AvgIpc) is 3.17. The van der Waals surface area contributed by atoms with Crippen molar-refractivity contribution >= 4 is 29.4 Å².